The number of imidazole rings is 1. The topological polar surface area (TPSA) is 123 Å². The molecule has 0 bridgehead atoms. The van der Waals surface area contributed by atoms with Crippen molar-refractivity contribution in [2.75, 3.05) is 4.72 Å². The van der Waals surface area contributed by atoms with Crippen LogP contribution in [0.5, 0.6) is 0 Å². The van der Waals surface area contributed by atoms with E-state index in [1.807, 2.05) is 0 Å². The van der Waals surface area contributed by atoms with Crippen LogP contribution in [-0.2, 0) is 17.1 Å². The van der Waals surface area contributed by atoms with E-state index in [9.17, 15) is 8.42 Å². The summed E-state index contributed by atoms with van der Waals surface area (Å²) in [5.41, 5.74) is 6.16. The largest absolute Gasteiger partial charge is 0.409 e. The summed E-state index contributed by atoms with van der Waals surface area (Å²) in [5.74, 6) is 0.477. The first-order valence-electron chi connectivity index (χ1n) is 5.94. The number of sulfonamides is 1. The Morgan fingerprint density at radius 1 is 1.48 bits per heavy atom. The molecule has 2 aromatic rings. The predicted octanol–water partition coefficient (Wildman–Crippen LogP) is 0.624. The van der Waals surface area contributed by atoms with Crippen LogP contribution < -0.4 is 10.5 Å². The summed E-state index contributed by atoms with van der Waals surface area (Å²) in [5, 5.41) is 11.4. The third-order valence-electron chi connectivity index (χ3n) is 2.88. The van der Waals surface area contributed by atoms with E-state index in [1.165, 1.54) is 12.3 Å². The molecule has 0 radical (unpaired) electrons. The Bertz CT molecular complexity index is 775. The van der Waals surface area contributed by atoms with Crippen LogP contribution in [0.2, 0.25) is 0 Å². The number of nitrogens with two attached hydrogens (primary N) is 1. The van der Waals surface area contributed by atoms with Crippen LogP contribution in [-0.4, -0.2) is 29.0 Å². The lowest BCUT2D eigenvalue weighted by Crippen LogP contribution is -2.16. The van der Waals surface area contributed by atoms with Gasteiger partial charge in [-0.2, -0.15) is 8.42 Å². The monoisotopic (exact) mass is 309 g/mol. The number of hydrogen-bond acceptors (Lipinski definition) is 5. The second-order valence-electron chi connectivity index (χ2n) is 4.41. The molecule has 1 aromatic carbocycles. The number of hydrogen-bond donors (Lipinski definition) is 3. The lowest BCUT2D eigenvalue weighted by atomic mass is 10.2. The van der Waals surface area contributed by atoms with Crippen molar-refractivity contribution in [3.8, 4) is 0 Å². The fourth-order valence-electron chi connectivity index (χ4n) is 1.66. The first-order chi connectivity index (χ1) is 9.83. The number of rotatable bonds is 4. The van der Waals surface area contributed by atoms with Crippen LogP contribution in [0.1, 0.15) is 11.4 Å². The number of aryl methyl sites for hydroxylation is 2. The lowest BCUT2D eigenvalue weighted by molar-refractivity contribution is 0.318. The predicted molar refractivity (Wildman–Crippen MR) is 77.7 cm³/mol. The van der Waals surface area contributed by atoms with Crippen molar-refractivity contribution in [3.63, 3.8) is 0 Å². The van der Waals surface area contributed by atoms with Crippen molar-refractivity contribution in [2.45, 2.75) is 11.9 Å². The van der Waals surface area contributed by atoms with Crippen molar-refractivity contribution in [2.24, 2.45) is 17.9 Å². The van der Waals surface area contributed by atoms with Gasteiger partial charge in [-0.25, -0.2) is 4.98 Å². The first-order valence-corrected chi connectivity index (χ1v) is 7.42. The summed E-state index contributed by atoms with van der Waals surface area (Å²) in [6.07, 6.45) is 1.42. The molecule has 0 saturated carbocycles. The fraction of sp³-hybridized carbons (Fsp3) is 0.167. The average Bonchev–Trinajstić information content (AvgIpc) is 2.78. The average molecular weight is 309 g/mol. The van der Waals surface area contributed by atoms with Gasteiger partial charge in [0.2, 0.25) is 0 Å². The second kappa shape index (κ2) is 5.44. The summed E-state index contributed by atoms with van der Waals surface area (Å²) in [4.78, 5) is 3.98. The number of aromatic nitrogens is 2. The van der Waals surface area contributed by atoms with E-state index in [0.29, 0.717) is 17.1 Å². The molecule has 9 heteroatoms. The number of oxime groups is 1. The van der Waals surface area contributed by atoms with Gasteiger partial charge in [0.1, 0.15) is 5.82 Å². The third kappa shape index (κ3) is 3.14. The molecule has 0 spiro atoms. The summed E-state index contributed by atoms with van der Waals surface area (Å²) < 4.78 is 28.5. The van der Waals surface area contributed by atoms with Gasteiger partial charge in [-0.1, -0.05) is 17.3 Å². The van der Waals surface area contributed by atoms with Crippen LogP contribution in [0.15, 0.2) is 40.6 Å². The Morgan fingerprint density at radius 2 is 2.19 bits per heavy atom. The summed E-state index contributed by atoms with van der Waals surface area (Å²) in [6, 6.07) is 6.20. The molecule has 0 unspecified atom stereocenters. The molecule has 21 heavy (non-hydrogen) atoms. The molecule has 0 aliphatic heterocycles. The van der Waals surface area contributed by atoms with E-state index >= 15 is 0 Å². The number of anilines is 1. The molecule has 0 saturated heterocycles. The molecular weight excluding hydrogens is 294 g/mol. The summed E-state index contributed by atoms with van der Waals surface area (Å²) in [7, 11) is -2.08. The molecule has 0 aliphatic rings. The molecule has 8 nitrogen and oxygen atoms in total. The fourth-order valence-corrected chi connectivity index (χ4v) is 2.75. The van der Waals surface area contributed by atoms with Gasteiger partial charge in [-0.15, -0.1) is 0 Å². The van der Waals surface area contributed by atoms with E-state index < -0.39 is 10.0 Å². The minimum absolute atomic E-state index is 0.0725. The Hall–Kier alpha value is -2.55. The molecule has 112 valence electrons. The van der Waals surface area contributed by atoms with Gasteiger partial charge < -0.3 is 15.5 Å². The van der Waals surface area contributed by atoms with E-state index in [4.69, 9.17) is 10.9 Å². The lowest BCUT2D eigenvalue weighted by Gasteiger charge is -2.07. The van der Waals surface area contributed by atoms with E-state index in [-0.39, 0.29) is 10.9 Å². The normalized spacial score (nSPS) is 12.4. The summed E-state index contributed by atoms with van der Waals surface area (Å²) in [6.45, 7) is 1.71. The molecule has 1 aromatic heterocycles. The van der Waals surface area contributed by atoms with Gasteiger partial charge in [-0.3, -0.25) is 4.72 Å². The van der Waals surface area contributed by atoms with Gasteiger partial charge in [0.05, 0.1) is 0 Å². The van der Waals surface area contributed by atoms with Gasteiger partial charge in [-0.05, 0) is 19.1 Å². The molecule has 0 aliphatic carbocycles. The molecule has 0 amide bonds. The second-order valence-corrected chi connectivity index (χ2v) is 6.04. The van der Waals surface area contributed by atoms with E-state index in [0.717, 1.165) is 0 Å². The van der Waals surface area contributed by atoms with Crippen molar-refractivity contribution in [1.29, 1.82) is 0 Å². The Morgan fingerprint density at radius 3 is 2.76 bits per heavy atom. The minimum atomic E-state index is -3.79. The van der Waals surface area contributed by atoms with Crippen LogP contribution >= 0.6 is 0 Å². The maximum absolute atomic E-state index is 12.2. The molecule has 0 fully saturated rings. The third-order valence-corrected chi connectivity index (χ3v) is 4.13. The Labute approximate surface area is 122 Å². The zero-order valence-corrected chi connectivity index (χ0v) is 12.3. The smallest absolute Gasteiger partial charge is 0.280 e. The van der Waals surface area contributed by atoms with E-state index in [2.05, 4.69) is 14.9 Å². The maximum Gasteiger partial charge on any atom is 0.280 e. The van der Waals surface area contributed by atoms with Gasteiger partial charge in [0.25, 0.3) is 10.0 Å². The number of amidine groups is 1. The zero-order chi connectivity index (χ0) is 15.6. The highest BCUT2D eigenvalue weighted by Gasteiger charge is 2.18. The minimum Gasteiger partial charge on any atom is -0.409 e. The highest BCUT2D eigenvalue weighted by Crippen LogP contribution is 2.16. The quantitative estimate of drug-likeness (QED) is 0.331. The van der Waals surface area contributed by atoms with Crippen molar-refractivity contribution in [3.05, 3.63) is 41.9 Å². The molecule has 4 N–H and O–H groups in total. The Balaban J connectivity index is 2.33. The maximum atomic E-state index is 12.2. The molecular formula is C12H15N5O3S. The van der Waals surface area contributed by atoms with Gasteiger partial charge in [0.15, 0.2) is 10.9 Å². The standard InChI is InChI=1S/C12H15N5O3S/c1-8-14-11(7-17(8)2)21(19,20)16-10-5-3-4-9(6-10)12(13)15-18/h3-7,16,18H,1-2H3,(H2,13,15). The van der Waals surface area contributed by atoms with Crippen LogP contribution in [0.3, 0.4) is 0 Å². The number of nitrogens with one attached hydrogen (secondary N) is 1. The highest BCUT2D eigenvalue weighted by atomic mass is 32.2. The van der Waals surface area contributed by atoms with Crippen LogP contribution in [0.4, 0.5) is 5.69 Å². The van der Waals surface area contributed by atoms with Gasteiger partial charge in [0, 0.05) is 24.5 Å². The van der Waals surface area contributed by atoms with Crippen molar-refractivity contribution >= 4 is 21.5 Å². The first kappa shape index (κ1) is 14.9. The number of benzene rings is 1. The van der Waals surface area contributed by atoms with Crippen LogP contribution in [0, 0.1) is 6.92 Å². The van der Waals surface area contributed by atoms with Gasteiger partial charge >= 0.3 is 0 Å². The molecule has 2 rings (SSSR count). The molecule has 1 heterocycles. The summed E-state index contributed by atoms with van der Waals surface area (Å²) >= 11 is 0. The van der Waals surface area contributed by atoms with E-state index in [1.54, 1.807) is 36.7 Å². The SMILES string of the molecule is Cc1nc(S(=O)(=O)Nc2cccc(C(N)=NO)c2)cn1C. The van der Waals surface area contributed by atoms with Crippen molar-refractivity contribution < 1.29 is 13.6 Å². The van der Waals surface area contributed by atoms with Crippen LogP contribution in [0.25, 0.3) is 0 Å². The molecule has 0 atom stereocenters. The highest BCUT2D eigenvalue weighted by molar-refractivity contribution is 7.92. The zero-order valence-electron chi connectivity index (χ0n) is 11.5. The van der Waals surface area contributed by atoms with Crippen molar-refractivity contribution in [1.82, 2.24) is 9.55 Å². The Kier molecular flexibility index (Phi) is 3.85. The number of nitrogens with zero attached hydrogens (tertiary/aromatic N) is 3.